The number of benzene rings is 2. The molecule has 2 aromatic carbocycles. The third kappa shape index (κ3) is 3.41. The van der Waals surface area contributed by atoms with Crippen LogP contribution in [0.5, 0.6) is 11.5 Å². The Morgan fingerprint density at radius 2 is 1.93 bits per heavy atom. The van der Waals surface area contributed by atoms with E-state index in [1.165, 1.54) is 18.1 Å². The van der Waals surface area contributed by atoms with Gasteiger partial charge in [0.25, 0.3) is 5.69 Å². The van der Waals surface area contributed by atoms with E-state index < -0.39 is 0 Å². The minimum Gasteiger partial charge on any atom is -0.454 e. The highest BCUT2D eigenvalue weighted by molar-refractivity contribution is 7.99. The van der Waals surface area contributed by atoms with E-state index in [0.29, 0.717) is 35.0 Å². The molecule has 3 heterocycles. The molecule has 4 aromatic rings. The lowest BCUT2D eigenvalue weighted by Crippen LogP contribution is -2.55. The van der Waals surface area contributed by atoms with Crippen molar-refractivity contribution in [3.8, 4) is 11.5 Å². The number of fused-ring (bicyclic) bond motifs is 2. The molecule has 0 radical (unpaired) electrons. The van der Waals surface area contributed by atoms with Gasteiger partial charge in [-0.05, 0) is 30.2 Å². The number of imidazole rings is 1. The number of hydrogen-bond acceptors (Lipinski definition) is 8. The molecule has 0 bridgehead atoms. The van der Waals surface area contributed by atoms with Crippen molar-refractivity contribution in [2.75, 3.05) is 12.5 Å². The van der Waals surface area contributed by atoms with Gasteiger partial charge in [0.05, 0.1) is 0 Å². The molecule has 5 rings (SSSR count). The predicted molar refractivity (Wildman–Crippen MR) is 111 cm³/mol. The Balaban J connectivity index is 1.47. The van der Waals surface area contributed by atoms with Gasteiger partial charge in [0.1, 0.15) is 6.33 Å². The first-order valence-electron chi connectivity index (χ1n) is 9.22. The molecule has 3 N–H and O–H groups in total. The van der Waals surface area contributed by atoms with Gasteiger partial charge in [-0.1, -0.05) is 23.9 Å². The van der Waals surface area contributed by atoms with Crippen LogP contribution in [0.1, 0.15) is 5.56 Å². The smallest absolute Gasteiger partial charge is 0.253 e. The summed E-state index contributed by atoms with van der Waals surface area (Å²) in [6, 6.07) is 13.2. The maximum absolute atomic E-state index is 10.7. The third-order valence-corrected chi connectivity index (χ3v) is 5.76. The molecule has 9 nitrogen and oxygen atoms in total. The number of nitrogens with zero attached hydrogens (tertiary/aromatic N) is 4. The second-order valence-electron chi connectivity index (χ2n) is 6.64. The highest BCUT2D eigenvalue weighted by Gasteiger charge is 2.18. The number of aryl methyl sites for hydroxylation is 2. The lowest BCUT2D eigenvalue weighted by molar-refractivity contribution is -0.379. The molecular weight excluding hydrogens is 404 g/mol. The van der Waals surface area contributed by atoms with Crippen LogP contribution in [0.25, 0.3) is 11.2 Å². The summed E-state index contributed by atoms with van der Waals surface area (Å²) in [5.41, 5.74) is 8.92. The zero-order chi connectivity index (χ0) is 20.5. The van der Waals surface area contributed by atoms with Gasteiger partial charge in [0.15, 0.2) is 33.6 Å². The Hall–Kier alpha value is -3.66. The first-order chi connectivity index (χ1) is 14.7. The maximum Gasteiger partial charge on any atom is 0.253 e. The average molecular weight is 421 g/mol. The molecule has 2 aromatic heterocycles. The fourth-order valence-electron chi connectivity index (χ4n) is 3.24. The second-order valence-corrected chi connectivity index (χ2v) is 7.68. The fraction of sp³-hybridized carbons (Fsp3) is 0.150. The summed E-state index contributed by atoms with van der Waals surface area (Å²) >= 11 is 1.50. The van der Waals surface area contributed by atoms with E-state index in [1.807, 2.05) is 40.1 Å². The molecule has 0 unspecified atom stereocenters. The largest absolute Gasteiger partial charge is 0.454 e. The number of aromatic nitrogens is 4. The van der Waals surface area contributed by atoms with Crippen LogP contribution in [-0.4, -0.2) is 26.3 Å². The monoisotopic (exact) mass is 421 g/mol. The molecule has 30 heavy (non-hydrogen) atoms. The molecule has 0 atom stereocenters. The van der Waals surface area contributed by atoms with Crippen LogP contribution in [0.15, 0.2) is 58.8 Å². The van der Waals surface area contributed by atoms with Gasteiger partial charge in [-0.15, -0.1) is 0 Å². The van der Waals surface area contributed by atoms with E-state index >= 15 is 0 Å². The molecule has 150 valence electrons. The van der Waals surface area contributed by atoms with Gasteiger partial charge in [-0.3, -0.25) is 0 Å². The van der Waals surface area contributed by atoms with Gasteiger partial charge in [0, 0.05) is 33.7 Å². The third-order valence-electron chi connectivity index (χ3n) is 4.77. The Labute approximate surface area is 175 Å². The molecule has 0 spiro atoms. The van der Waals surface area contributed by atoms with Gasteiger partial charge in [-0.2, -0.15) is 0 Å². The highest BCUT2D eigenvalue weighted by Crippen LogP contribution is 2.38. The first-order valence-corrected chi connectivity index (χ1v) is 10.0. The Bertz CT molecular complexity index is 1240. The standard InChI is InChI=1S/C20H16N6O3S/c21-18-17-19(23-10-22-18)26(8-7-12-1-3-13(25-27)4-2-12)20(24-17)30-14-5-6-15-16(9-14)29-11-28-15/h1-6,9-10H,7-8,11H2,(H2,21,22,23)/p+1. The van der Waals surface area contributed by atoms with Gasteiger partial charge >= 0.3 is 0 Å². The van der Waals surface area contributed by atoms with Crippen molar-refractivity contribution in [2.45, 2.75) is 23.0 Å². The van der Waals surface area contributed by atoms with Crippen LogP contribution in [-0.2, 0) is 13.0 Å². The molecule has 10 heteroatoms. The number of rotatable bonds is 6. The van der Waals surface area contributed by atoms with Crippen molar-refractivity contribution in [3.05, 3.63) is 59.3 Å². The van der Waals surface area contributed by atoms with E-state index in [0.717, 1.165) is 27.8 Å². The Morgan fingerprint density at radius 3 is 2.77 bits per heavy atom. The van der Waals surface area contributed by atoms with Crippen LogP contribution >= 0.6 is 11.8 Å². The minimum atomic E-state index is 0.231. The van der Waals surface area contributed by atoms with Crippen LogP contribution in [0.4, 0.5) is 11.5 Å². The Morgan fingerprint density at radius 1 is 1.10 bits per heavy atom. The average Bonchev–Trinajstić information content (AvgIpc) is 3.37. The van der Waals surface area contributed by atoms with Crippen molar-refractivity contribution in [1.82, 2.24) is 19.5 Å². The fourth-order valence-corrected chi connectivity index (χ4v) is 4.18. The number of nitroso groups, excluding NO2 is 1. The van der Waals surface area contributed by atoms with E-state index in [1.54, 1.807) is 12.1 Å². The molecule has 0 amide bonds. The van der Waals surface area contributed by atoms with Crippen LogP contribution in [0.3, 0.4) is 0 Å². The number of nitrogen functional groups attached to an aromatic ring is 1. The van der Waals surface area contributed by atoms with E-state index in [9.17, 15) is 4.91 Å². The highest BCUT2D eigenvalue weighted by atomic mass is 32.2. The van der Waals surface area contributed by atoms with Crippen LogP contribution in [0.2, 0.25) is 0 Å². The van der Waals surface area contributed by atoms with Gasteiger partial charge < -0.3 is 19.8 Å². The summed E-state index contributed by atoms with van der Waals surface area (Å²) in [6.45, 7) is 0.874. The van der Waals surface area contributed by atoms with E-state index in [-0.39, 0.29) is 6.79 Å². The minimum absolute atomic E-state index is 0.231. The molecule has 0 aliphatic carbocycles. The lowest BCUT2D eigenvalue weighted by atomic mass is 10.1. The topological polar surface area (TPSA) is 119 Å². The number of hydrogen-bond donors (Lipinski definition) is 2. The molecule has 0 saturated carbocycles. The second kappa shape index (κ2) is 7.64. The summed E-state index contributed by atoms with van der Waals surface area (Å²) < 4.78 is 12.9. The zero-order valence-corrected chi connectivity index (χ0v) is 16.6. The van der Waals surface area contributed by atoms with Crippen molar-refractivity contribution < 1.29 is 14.7 Å². The van der Waals surface area contributed by atoms with E-state index in [2.05, 4.69) is 9.97 Å². The maximum atomic E-state index is 10.7. The van der Waals surface area contributed by atoms with Crippen LogP contribution in [0, 0.1) is 4.91 Å². The SMILES string of the molecule is Nc1ncnc2c1nc(Sc1ccc3c(c1)OCO3)n2CCc1ccc([NH+]=O)cc1. The first kappa shape index (κ1) is 18.4. The summed E-state index contributed by atoms with van der Waals surface area (Å²) in [4.78, 5) is 24.9. The summed E-state index contributed by atoms with van der Waals surface area (Å²) in [5.74, 6) is 1.80. The van der Waals surface area contributed by atoms with Crippen molar-refractivity contribution >= 4 is 34.4 Å². The van der Waals surface area contributed by atoms with Crippen molar-refractivity contribution in [2.24, 2.45) is 0 Å². The number of anilines is 1. The Kier molecular flexibility index (Phi) is 4.68. The normalized spacial score (nSPS) is 12.4. The summed E-state index contributed by atoms with van der Waals surface area (Å²) in [5, 5.41) is 2.65. The van der Waals surface area contributed by atoms with E-state index in [4.69, 9.17) is 20.2 Å². The van der Waals surface area contributed by atoms with Gasteiger partial charge in [0.2, 0.25) is 6.79 Å². The molecule has 0 saturated heterocycles. The molecule has 1 aliphatic heterocycles. The molecule has 1 aliphatic rings. The number of nitrogens with two attached hydrogens (primary N) is 1. The van der Waals surface area contributed by atoms with Gasteiger partial charge in [-0.25, -0.2) is 15.0 Å². The predicted octanol–water partition coefficient (Wildman–Crippen LogP) is 2.01. The van der Waals surface area contributed by atoms with Crippen LogP contribution < -0.4 is 20.4 Å². The van der Waals surface area contributed by atoms with Crippen molar-refractivity contribution in [1.29, 1.82) is 0 Å². The zero-order valence-electron chi connectivity index (χ0n) is 15.7. The molecule has 0 fully saturated rings. The van der Waals surface area contributed by atoms with Crippen molar-refractivity contribution in [3.63, 3.8) is 0 Å². The molecular formula is C20H17N6O3S+. The number of nitrogens with one attached hydrogen (secondary N) is 1. The number of ether oxygens (including phenoxy) is 2. The summed E-state index contributed by atoms with van der Waals surface area (Å²) in [6.07, 6.45) is 2.18. The quantitative estimate of drug-likeness (QED) is 0.485. The lowest BCUT2D eigenvalue weighted by Gasteiger charge is -2.09. The summed E-state index contributed by atoms with van der Waals surface area (Å²) in [7, 11) is 0.